The van der Waals surface area contributed by atoms with Crippen LogP contribution < -0.4 is 0 Å². The number of likely N-dealkylation sites (N-methyl/N-ethyl adjacent to an activating group) is 1. The molecule has 1 saturated heterocycles. The topological polar surface area (TPSA) is 80.6 Å². The second-order valence-corrected chi connectivity index (χ2v) is 37.3. The third-order valence-electron chi connectivity index (χ3n) is 27.4. The van der Waals surface area contributed by atoms with Gasteiger partial charge in [0.05, 0.1) is 25.9 Å². The predicted molar refractivity (Wildman–Crippen MR) is 421 cm³/mol. The van der Waals surface area contributed by atoms with Crippen molar-refractivity contribution in [1.29, 1.82) is 0 Å². The Morgan fingerprint density at radius 1 is 0.289 bits per heavy atom. The van der Waals surface area contributed by atoms with Crippen LogP contribution in [-0.4, -0.2) is 100 Å². The summed E-state index contributed by atoms with van der Waals surface area (Å²) in [7, 11) is 2.17. The summed E-state index contributed by atoms with van der Waals surface area (Å²) in [6.45, 7) is 41.7. The number of aliphatic hydroxyl groups is 2. The fraction of sp³-hybridized carbons (Fsp3) is 1.00. The lowest BCUT2D eigenvalue weighted by molar-refractivity contribution is -0.0471. The maximum atomic E-state index is 10.1. The molecule has 22 atom stereocenters. The van der Waals surface area contributed by atoms with Crippen molar-refractivity contribution >= 4 is 0 Å². The van der Waals surface area contributed by atoms with Crippen molar-refractivity contribution in [3.8, 4) is 0 Å². The summed E-state index contributed by atoms with van der Waals surface area (Å²) in [5, 5.41) is 19.6. The van der Waals surface area contributed by atoms with Gasteiger partial charge in [0.2, 0.25) is 0 Å². The van der Waals surface area contributed by atoms with E-state index >= 15 is 0 Å². The van der Waals surface area contributed by atoms with Crippen molar-refractivity contribution in [2.45, 2.75) is 385 Å². The van der Waals surface area contributed by atoms with Gasteiger partial charge in [0.25, 0.3) is 0 Å². The van der Waals surface area contributed by atoms with Gasteiger partial charge in [-0.05, 0) is 202 Å². The zero-order valence-electron chi connectivity index (χ0n) is 68.2. The van der Waals surface area contributed by atoms with Crippen LogP contribution in [0.4, 0.5) is 0 Å². The maximum Gasteiger partial charge on any atom is 0.104 e. The van der Waals surface area contributed by atoms with Crippen LogP contribution in [0, 0.1) is 118 Å². The van der Waals surface area contributed by atoms with Gasteiger partial charge in [-0.2, -0.15) is 0 Å². The molecule has 7 nitrogen and oxygen atoms in total. The molecule has 2 N–H and O–H groups in total. The molecule has 0 radical (unpaired) electrons. The lowest BCUT2D eigenvalue weighted by atomic mass is 9.82. The zero-order chi connectivity index (χ0) is 70.6. The van der Waals surface area contributed by atoms with E-state index in [1.54, 1.807) is 0 Å². The number of hydrogen-bond donors (Lipinski definition) is 2. The molecule has 0 amide bonds. The van der Waals surface area contributed by atoms with Crippen molar-refractivity contribution < 1.29 is 29.2 Å². The molecule has 4 fully saturated rings. The highest BCUT2D eigenvalue weighted by Gasteiger charge is 2.32. The molecule has 576 valence electrons. The van der Waals surface area contributed by atoms with E-state index in [-0.39, 0.29) is 25.4 Å². The molecule has 6 bridgehead atoms. The highest BCUT2D eigenvalue weighted by atomic mass is 16.5. The van der Waals surface area contributed by atoms with Crippen molar-refractivity contribution in [1.82, 2.24) is 4.90 Å². The Morgan fingerprint density at radius 3 is 0.969 bits per heavy atom. The SMILES string of the molecule is CC1CCCC2CCC(C2)C(C)CCCC(C)CCC(C)CCCC(C)C(C)CC(C)CCCC(C)CCOCC(CN(C)CCCO)OCCC(C)CCCC2CCC(C2)C(C)CCCC(C)CCC(C)CCCC(C)C2CCC(CCCC(C)CCOC(CO)COCC1)C2. The lowest BCUT2D eigenvalue weighted by Gasteiger charge is -2.25. The van der Waals surface area contributed by atoms with Gasteiger partial charge >= 0.3 is 0 Å². The predicted octanol–water partition coefficient (Wildman–Crippen LogP) is 25.1. The monoisotopic (exact) mass is 1370 g/mol. The fourth-order valence-electron chi connectivity index (χ4n) is 19.1. The molecule has 97 heavy (non-hydrogen) atoms. The average molecular weight is 1370 g/mol. The van der Waals surface area contributed by atoms with Gasteiger partial charge in [0, 0.05) is 46.1 Å². The number of nitrogens with zero attached hydrogens (tertiary/aromatic N) is 1. The third-order valence-corrected chi connectivity index (χ3v) is 27.4. The first-order valence-corrected chi connectivity index (χ1v) is 44.0. The minimum atomic E-state index is -0.197. The third kappa shape index (κ3) is 42.5. The number of aliphatic hydroxyl groups excluding tert-OH is 2. The highest BCUT2D eigenvalue weighted by Crippen LogP contribution is 2.44. The Morgan fingerprint density at radius 2 is 0.598 bits per heavy atom. The summed E-state index contributed by atoms with van der Waals surface area (Å²) in [5.41, 5.74) is 0. The van der Waals surface area contributed by atoms with Gasteiger partial charge in [-0.3, -0.25) is 0 Å². The van der Waals surface area contributed by atoms with Gasteiger partial charge in [-0.25, -0.2) is 0 Å². The van der Waals surface area contributed by atoms with E-state index < -0.39 is 0 Å². The van der Waals surface area contributed by atoms with E-state index in [9.17, 15) is 10.2 Å². The van der Waals surface area contributed by atoms with Crippen molar-refractivity contribution in [2.24, 2.45) is 118 Å². The molecule has 0 aromatic heterocycles. The summed E-state index contributed by atoms with van der Waals surface area (Å²) in [5.74, 6) is 17.0. The highest BCUT2D eigenvalue weighted by molar-refractivity contribution is 4.83. The molecular weight excluding hydrogens is 1190 g/mol. The quantitative estimate of drug-likeness (QED) is 0.274. The molecule has 0 aromatic carbocycles. The lowest BCUT2D eigenvalue weighted by Crippen LogP contribution is -2.35. The summed E-state index contributed by atoms with van der Waals surface area (Å²) in [6.07, 6.45) is 58.7. The molecule has 4 aliphatic rings. The molecule has 7 heteroatoms. The molecule has 1 heterocycles. The smallest absolute Gasteiger partial charge is 0.104 e. The minimum Gasteiger partial charge on any atom is -0.396 e. The minimum absolute atomic E-state index is 0.0500. The number of fused-ring (bicyclic) bond motifs is 6. The van der Waals surface area contributed by atoms with Crippen LogP contribution in [0.1, 0.15) is 373 Å². The zero-order valence-corrected chi connectivity index (χ0v) is 68.2. The van der Waals surface area contributed by atoms with E-state index in [1.165, 1.54) is 244 Å². The second kappa shape index (κ2) is 54.3. The molecule has 1 aliphatic heterocycles. The van der Waals surface area contributed by atoms with Gasteiger partial charge in [-0.1, -0.05) is 296 Å². The number of rotatable bonds is 6. The summed E-state index contributed by atoms with van der Waals surface area (Å²) >= 11 is 0. The molecule has 3 saturated carbocycles. The van der Waals surface area contributed by atoms with Crippen LogP contribution >= 0.6 is 0 Å². The van der Waals surface area contributed by atoms with Crippen LogP contribution in [0.3, 0.4) is 0 Å². The van der Waals surface area contributed by atoms with Gasteiger partial charge in [0.1, 0.15) is 6.10 Å². The number of ether oxygens (including phenoxy) is 4. The van der Waals surface area contributed by atoms with E-state index in [0.29, 0.717) is 36.9 Å². The maximum absolute atomic E-state index is 10.1. The Bertz CT molecular complexity index is 1800. The van der Waals surface area contributed by atoms with Crippen LogP contribution in [0.5, 0.6) is 0 Å². The molecule has 22 unspecified atom stereocenters. The van der Waals surface area contributed by atoms with Crippen LogP contribution in [-0.2, 0) is 18.9 Å². The Hall–Kier alpha value is -0.280. The summed E-state index contributed by atoms with van der Waals surface area (Å²) < 4.78 is 25.3. The first-order valence-electron chi connectivity index (χ1n) is 44.0. The Labute approximate surface area is 607 Å². The second-order valence-electron chi connectivity index (χ2n) is 37.3. The average Bonchev–Trinajstić information content (AvgIpc) is 2.79. The van der Waals surface area contributed by atoms with Gasteiger partial charge in [-0.15, -0.1) is 0 Å². The van der Waals surface area contributed by atoms with Crippen molar-refractivity contribution in [3.63, 3.8) is 0 Å². The van der Waals surface area contributed by atoms with E-state index in [2.05, 4.69) is 109 Å². The van der Waals surface area contributed by atoms with Crippen molar-refractivity contribution in [3.05, 3.63) is 0 Å². The molecule has 0 spiro atoms. The normalized spacial score (nSPS) is 38.8. The molecule has 0 aromatic rings. The van der Waals surface area contributed by atoms with Crippen LogP contribution in [0.25, 0.3) is 0 Å². The van der Waals surface area contributed by atoms with Crippen LogP contribution in [0.2, 0.25) is 0 Å². The van der Waals surface area contributed by atoms with E-state index in [1.807, 2.05) is 0 Å². The van der Waals surface area contributed by atoms with Gasteiger partial charge in [0.15, 0.2) is 0 Å². The summed E-state index contributed by atoms with van der Waals surface area (Å²) in [4.78, 5) is 2.32. The summed E-state index contributed by atoms with van der Waals surface area (Å²) in [6, 6.07) is 0. The van der Waals surface area contributed by atoms with E-state index in [0.717, 1.165) is 166 Å². The molecular formula is C90H175NO6. The number of hydrogen-bond acceptors (Lipinski definition) is 7. The van der Waals surface area contributed by atoms with E-state index in [4.69, 9.17) is 18.9 Å². The Balaban J connectivity index is 1.17. The first kappa shape index (κ1) is 89.1. The first-order chi connectivity index (χ1) is 46.7. The fourth-order valence-corrected chi connectivity index (χ4v) is 19.1. The van der Waals surface area contributed by atoms with Crippen molar-refractivity contribution in [2.75, 3.05) is 73.0 Å². The standard InChI is InChI=1S/C90H175NO6/c1-69-26-17-34-78(10)82(14)61-77(9)33-16-25-73(5)51-57-94-67-89(65-91(15)55-24-56-92)96-59-53-75(7)31-22-39-84-46-49-87(63-84)80(12)36-19-28-71(3)43-44-72(4)29-20-37-81(13)88-50-47-85(64-88)40-23-32-76(8)54-60-97-90(66-93)68-95-58-52-74(6)30-21-38-83-45-48-86(62-83)79(11)35-18-27-70(2)42-41-69/h69-90,92-93H,16-68H2,1-15H3. The molecule has 3 aliphatic carbocycles. The largest absolute Gasteiger partial charge is 0.396 e. The van der Waals surface area contributed by atoms with Crippen LogP contribution in [0.15, 0.2) is 0 Å². The molecule has 4 rings (SSSR count). The van der Waals surface area contributed by atoms with Gasteiger partial charge < -0.3 is 34.1 Å². The Kier molecular flexibility index (Phi) is 49.9.